The predicted octanol–water partition coefficient (Wildman–Crippen LogP) is 1.84. The Kier molecular flexibility index (Phi) is 5.54. The number of anilines is 1. The molecular formula is C13H20BrFN4. The molecule has 2 rings (SSSR count). The number of halogens is 2. The Morgan fingerprint density at radius 2 is 2.16 bits per heavy atom. The lowest BCUT2D eigenvalue weighted by Crippen LogP contribution is -2.32. The minimum Gasteiger partial charge on any atom is -0.353 e. The number of rotatable bonds is 4. The number of nitrogens with zero attached hydrogens (tertiary/aromatic N) is 3. The Hall–Kier alpha value is -0.720. The monoisotopic (exact) mass is 330 g/mol. The average molecular weight is 331 g/mol. The topological polar surface area (TPSA) is 45.4 Å². The van der Waals surface area contributed by atoms with E-state index in [-0.39, 0.29) is 5.82 Å². The summed E-state index contributed by atoms with van der Waals surface area (Å²) in [4.78, 5) is 8.62. The van der Waals surface area contributed by atoms with Crippen LogP contribution < -0.4 is 10.6 Å². The van der Waals surface area contributed by atoms with Crippen LogP contribution in [0.25, 0.3) is 0 Å². The fourth-order valence-electron chi connectivity index (χ4n) is 2.36. The molecule has 1 aromatic rings. The van der Waals surface area contributed by atoms with Gasteiger partial charge in [-0.25, -0.2) is 9.37 Å². The van der Waals surface area contributed by atoms with Gasteiger partial charge >= 0.3 is 0 Å². The zero-order chi connectivity index (χ0) is 13.7. The van der Waals surface area contributed by atoms with Crippen LogP contribution in [0, 0.1) is 5.82 Å². The lowest BCUT2D eigenvalue weighted by atomic mass is 10.3. The second kappa shape index (κ2) is 7.17. The van der Waals surface area contributed by atoms with E-state index in [9.17, 15) is 4.39 Å². The van der Waals surface area contributed by atoms with Crippen molar-refractivity contribution < 1.29 is 4.39 Å². The second-order valence-corrected chi connectivity index (χ2v) is 5.70. The molecule has 0 unspecified atom stereocenters. The van der Waals surface area contributed by atoms with Crippen LogP contribution in [0.3, 0.4) is 0 Å². The Labute approximate surface area is 121 Å². The van der Waals surface area contributed by atoms with Crippen LogP contribution >= 0.6 is 15.9 Å². The molecule has 2 heterocycles. The fraction of sp³-hybridized carbons (Fsp3) is 0.615. The SMILES string of the molecule is NCCCN1CCCN(c2ncc(Br)cc2F)CC1. The predicted molar refractivity (Wildman–Crippen MR) is 78.8 cm³/mol. The number of aromatic nitrogens is 1. The number of pyridine rings is 1. The van der Waals surface area contributed by atoms with Gasteiger partial charge in [-0.15, -0.1) is 0 Å². The molecule has 0 spiro atoms. The van der Waals surface area contributed by atoms with E-state index in [4.69, 9.17) is 5.73 Å². The third-order valence-electron chi connectivity index (χ3n) is 3.35. The highest BCUT2D eigenvalue weighted by Crippen LogP contribution is 2.21. The van der Waals surface area contributed by atoms with Gasteiger partial charge in [-0.05, 0) is 54.5 Å². The first-order valence-electron chi connectivity index (χ1n) is 6.69. The summed E-state index contributed by atoms with van der Waals surface area (Å²) >= 11 is 3.23. The molecule has 1 fully saturated rings. The number of hydrogen-bond donors (Lipinski definition) is 1. The number of nitrogens with two attached hydrogens (primary N) is 1. The van der Waals surface area contributed by atoms with Gasteiger partial charge in [-0.3, -0.25) is 0 Å². The van der Waals surface area contributed by atoms with E-state index in [2.05, 4.69) is 25.8 Å². The molecule has 0 aliphatic carbocycles. The molecule has 1 aliphatic heterocycles. The van der Waals surface area contributed by atoms with Crippen LogP contribution in [0.5, 0.6) is 0 Å². The summed E-state index contributed by atoms with van der Waals surface area (Å²) in [5.41, 5.74) is 5.54. The smallest absolute Gasteiger partial charge is 0.166 e. The Balaban J connectivity index is 1.98. The Bertz CT molecular complexity index is 416. The summed E-state index contributed by atoms with van der Waals surface area (Å²) in [5, 5.41) is 0. The van der Waals surface area contributed by atoms with E-state index >= 15 is 0 Å². The van der Waals surface area contributed by atoms with Crippen molar-refractivity contribution in [2.45, 2.75) is 12.8 Å². The highest BCUT2D eigenvalue weighted by Gasteiger charge is 2.18. The third kappa shape index (κ3) is 4.12. The van der Waals surface area contributed by atoms with Crippen LogP contribution in [-0.4, -0.2) is 49.2 Å². The molecule has 1 aliphatic rings. The molecule has 4 nitrogen and oxygen atoms in total. The quantitative estimate of drug-likeness (QED) is 0.915. The van der Waals surface area contributed by atoms with Gasteiger partial charge in [-0.1, -0.05) is 0 Å². The van der Waals surface area contributed by atoms with Gasteiger partial charge in [0.25, 0.3) is 0 Å². The summed E-state index contributed by atoms with van der Waals surface area (Å²) in [5.74, 6) is 0.202. The van der Waals surface area contributed by atoms with Crippen molar-refractivity contribution in [1.29, 1.82) is 0 Å². The summed E-state index contributed by atoms with van der Waals surface area (Å²) < 4.78 is 14.6. The molecule has 0 radical (unpaired) electrons. The lowest BCUT2D eigenvalue weighted by molar-refractivity contribution is 0.291. The molecular weight excluding hydrogens is 311 g/mol. The minimum atomic E-state index is -0.259. The average Bonchev–Trinajstić information content (AvgIpc) is 2.62. The van der Waals surface area contributed by atoms with Crippen molar-refractivity contribution in [3.05, 3.63) is 22.6 Å². The van der Waals surface area contributed by atoms with Crippen LogP contribution in [0.4, 0.5) is 10.2 Å². The van der Waals surface area contributed by atoms with Crippen molar-refractivity contribution in [3.8, 4) is 0 Å². The van der Waals surface area contributed by atoms with Crippen LogP contribution in [0.15, 0.2) is 16.7 Å². The molecule has 0 saturated carbocycles. The van der Waals surface area contributed by atoms with Gasteiger partial charge in [0.15, 0.2) is 11.6 Å². The van der Waals surface area contributed by atoms with E-state index in [1.54, 1.807) is 6.20 Å². The lowest BCUT2D eigenvalue weighted by Gasteiger charge is -2.23. The minimum absolute atomic E-state index is 0.259. The van der Waals surface area contributed by atoms with Gasteiger partial charge in [-0.2, -0.15) is 0 Å². The second-order valence-electron chi connectivity index (χ2n) is 4.78. The molecule has 2 N–H and O–H groups in total. The van der Waals surface area contributed by atoms with Crippen molar-refractivity contribution in [1.82, 2.24) is 9.88 Å². The summed E-state index contributed by atoms with van der Waals surface area (Å²) in [7, 11) is 0. The first-order valence-corrected chi connectivity index (χ1v) is 7.48. The van der Waals surface area contributed by atoms with Crippen LogP contribution in [0.1, 0.15) is 12.8 Å². The first kappa shape index (κ1) is 14.7. The summed E-state index contributed by atoms with van der Waals surface area (Å²) in [6, 6.07) is 1.47. The highest BCUT2D eigenvalue weighted by molar-refractivity contribution is 9.10. The van der Waals surface area contributed by atoms with Crippen LogP contribution in [-0.2, 0) is 0 Å². The Morgan fingerprint density at radius 3 is 2.89 bits per heavy atom. The standard InChI is InChI=1S/C13H20BrFN4/c14-11-9-12(15)13(17-10-11)19-6-2-5-18(7-8-19)4-1-3-16/h9-10H,1-8,16H2. The number of hydrogen-bond acceptors (Lipinski definition) is 4. The largest absolute Gasteiger partial charge is 0.353 e. The third-order valence-corrected chi connectivity index (χ3v) is 3.79. The van der Waals surface area contributed by atoms with Gasteiger partial charge in [0.1, 0.15) is 0 Å². The molecule has 1 saturated heterocycles. The first-order chi connectivity index (χ1) is 9.20. The molecule has 19 heavy (non-hydrogen) atoms. The Morgan fingerprint density at radius 1 is 1.32 bits per heavy atom. The normalized spacial score (nSPS) is 17.5. The van der Waals surface area contributed by atoms with Crippen molar-refractivity contribution in [2.75, 3.05) is 44.2 Å². The van der Waals surface area contributed by atoms with Crippen molar-refractivity contribution in [3.63, 3.8) is 0 Å². The molecule has 1 aromatic heterocycles. The molecule has 0 amide bonds. The van der Waals surface area contributed by atoms with Crippen molar-refractivity contribution in [2.24, 2.45) is 5.73 Å². The van der Waals surface area contributed by atoms with E-state index < -0.39 is 0 Å². The molecule has 0 aromatic carbocycles. The van der Waals surface area contributed by atoms with E-state index in [1.807, 2.05) is 4.90 Å². The maximum atomic E-state index is 13.9. The molecule has 0 bridgehead atoms. The maximum absolute atomic E-state index is 13.9. The van der Waals surface area contributed by atoms with Gasteiger partial charge in [0, 0.05) is 30.3 Å². The molecule has 6 heteroatoms. The summed E-state index contributed by atoms with van der Waals surface area (Å²) in [6.45, 7) is 5.41. The van der Waals surface area contributed by atoms with E-state index in [1.165, 1.54) is 6.07 Å². The summed E-state index contributed by atoms with van der Waals surface area (Å²) in [6.07, 6.45) is 3.70. The molecule has 106 valence electrons. The van der Waals surface area contributed by atoms with Crippen LogP contribution in [0.2, 0.25) is 0 Å². The van der Waals surface area contributed by atoms with Crippen molar-refractivity contribution >= 4 is 21.7 Å². The highest BCUT2D eigenvalue weighted by atomic mass is 79.9. The molecule has 0 atom stereocenters. The zero-order valence-corrected chi connectivity index (χ0v) is 12.6. The van der Waals surface area contributed by atoms with Gasteiger partial charge in [0.2, 0.25) is 0 Å². The fourth-order valence-corrected chi connectivity index (χ4v) is 2.66. The maximum Gasteiger partial charge on any atom is 0.166 e. The van der Waals surface area contributed by atoms with E-state index in [0.29, 0.717) is 10.3 Å². The van der Waals surface area contributed by atoms with Gasteiger partial charge < -0.3 is 15.5 Å². The zero-order valence-electron chi connectivity index (χ0n) is 11.0. The van der Waals surface area contributed by atoms with E-state index in [0.717, 1.165) is 52.1 Å². The van der Waals surface area contributed by atoms with Gasteiger partial charge in [0.05, 0.1) is 0 Å².